The maximum Gasteiger partial charge on any atom is 0.242 e. The van der Waals surface area contributed by atoms with Gasteiger partial charge in [0, 0.05) is 49.7 Å². The van der Waals surface area contributed by atoms with Gasteiger partial charge in [0.25, 0.3) is 0 Å². The van der Waals surface area contributed by atoms with Crippen LogP contribution in [-0.2, 0) is 18.3 Å². The molecule has 0 aliphatic carbocycles. The molecule has 0 aromatic carbocycles. The van der Waals surface area contributed by atoms with Gasteiger partial charge in [0.1, 0.15) is 0 Å². The minimum Gasteiger partial charge on any atom is -0.479 e. The summed E-state index contributed by atoms with van der Waals surface area (Å²) in [4.78, 5) is 24.1. The van der Waals surface area contributed by atoms with E-state index in [0.717, 1.165) is 58.8 Å². The van der Waals surface area contributed by atoms with Gasteiger partial charge < -0.3 is 9.64 Å². The lowest BCUT2D eigenvalue weighted by atomic mass is 9.97. The number of aryl methyl sites for hydroxylation is 3. The van der Waals surface area contributed by atoms with Gasteiger partial charge in [-0.2, -0.15) is 0 Å². The van der Waals surface area contributed by atoms with Crippen molar-refractivity contribution in [2.45, 2.75) is 45.4 Å². The number of ether oxygens (including phenoxy) is 1. The van der Waals surface area contributed by atoms with E-state index in [0.29, 0.717) is 24.6 Å². The molecule has 4 rings (SSSR count). The molecule has 3 aromatic heterocycles. The summed E-state index contributed by atoms with van der Waals surface area (Å²) in [5.74, 6) is 1.17. The lowest BCUT2D eigenvalue weighted by molar-refractivity contribution is -0.132. The molecule has 0 saturated carbocycles. The number of hydrogen-bond acceptors (Lipinski definition) is 6. The van der Waals surface area contributed by atoms with Gasteiger partial charge >= 0.3 is 0 Å². The second kappa shape index (κ2) is 8.10. The number of methoxy groups -OCH3 is 1. The number of likely N-dealkylation sites (tertiary alicyclic amines) is 1. The number of carbonyl (C=O) groups is 1. The summed E-state index contributed by atoms with van der Waals surface area (Å²) in [5, 5.41) is 8.50. The molecular weight excluding hydrogens is 386 g/mol. The van der Waals surface area contributed by atoms with Gasteiger partial charge in [0.2, 0.25) is 11.8 Å². The summed E-state index contributed by atoms with van der Waals surface area (Å²) in [6.45, 7) is 5.69. The van der Waals surface area contributed by atoms with E-state index in [1.165, 1.54) is 0 Å². The second-order valence-corrected chi connectivity index (χ2v) is 8.61. The van der Waals surface area contributed by atoms with Crippen molar-refractivity contribution < 1.29 is 9.53 Å². The molecule has 1 amide bonds. The normalized spacial score (nSPS) is 17.1. The Balaban J connectivity index is 1.50. The van der Waals surface area contributed by atoms with Crippen LogP contribution in [0.1, 0.15) is 47.0 Å². The Kier molecular flexibility index (Phi) is 5.54. The molecule has 1 fully saturated rings. The van der Waals surface area contributed by atoms with Crippen molar-refractivity contribution in [2.24, 2.45) is 7.05 Å². The minimum atomic E-state index is 0.211. The molecule has 1 aliphatic rings. The number of pyridine rings is 1. The Bertz CT molecular complexity index is 1030. The molecule has 0 N–H and O–H groups in total. The zero-order chi connectivity index (χ0) is 20.5. The standard InChI is InChI=1S/C21H27N5O2S/c1-13-16(14(2)23-19-18(13)20(28-4)24-25(19)3)7-8-17(27)26-10-5-6-15(12-26)21-22-9-11-29-21/h9,11,15H,5-8,10,12H2,1-4H3. The fourth-order valence-electron chi connectivity index (χ4n) is 4.34. The van der Waals surface area contributed by atoms with Crippen LogP contribution >= 0.6 is 11.3 Å². The first-order valence-electron chi connectivity index (χ1n) is 10.0. The molecule has 1 atom stereocenters. The Labute approximate surface area is 174 Å². The first-order valence-corrected chi connectivity index (χ1v) is 10.9. The van der Waals surface area contributed by atoms with Gasteiger partial charge in [0.05, 0.1) is 17.5 Å². The smallest absolute Gasteiger partial charge is 0.242 e. The highest BCUT2D eigenvalue weighted by molar-refractivity contribution is 7.09. The number of carbonyl (C=O) groups excluding carboxylic acids is 1. The summed E-state index contributed by atoms with van der Waals surface area (Å²) in [7, 11) is 3.49. The summed E-state index contributed by atoms with van der Waals surface area (Å²) in [6.07, 6.45) is 5.16. The molecular formula is C21H27N5O2S. The third-order valence-corrected chi connectivity index (χ3v) is 6.82. The average molecular weight is 414 g/mol. The first kappa shape index (κ1) is 19.8. The average Bonchev–Trinajstić information content (AvgIpc) is 3.36. The summed E-state index contributed by atoms with van der Waals surface area (Å²) >= 11 is 1.69. The number of nitrogens with zero attached hydrogens (tertiary/aromatic N) is 5. The van der Waals surface area contributed by atoms with E-state index in [2.05, 4.69) is 17.0 Å². The van der Waals surface area contributed by atoms with Gasteiger partial charge in [-0.1, -0.05) is 0 Å². The van der Waals surface area contributed by atoms with Crippen LogP contribution in [0, 0.1) is 13.8 Å². The van der Waals surface area contributed by atoms with Gasteiger partial charge in [0.15, 0.2) is 5.65 Å². The van der Waals surface area contributed by atoms with Crippen molar-refractivity contribution in [3.05, 3.63) is 33.4 Å². The number of amides is 1. The zero-order valence-corrected chi connectivity index (χ0v) is 18.3. The molecule has 8 heteroatoms. The highest BCUT2D eigenvalue weighted by atomic mass is 32.1. The molecule has 7 nitrogen and oxygen atoms in total. The Morgan fingerprint density at radius 2 is 2.21 bits per heavy atom. The highest BCUT2D eigenvalue weighted by Crippen LogP contribution is 2.31. The molecule has 0 spiro atoms. The van der Waals surface area contributed by atoms with E-state index >= 15 is 0 Å². The number of hydrogen-bond donors (Lipinski definition) is 0. The van der Waals surface area contributed by atoms with Crippen molar-refractivity contribution in [3.63, 3.8) is 0 Å². The number of thiazole rings is 1. The van der Waals surface area contributed by atoms with Crippen molar-refractivity contribution in [2.75, 3.05) is 20.2 Å². The van der Waals surface area contributed by atoms with Crippen molar-refractivity contribution in [1.82, 2.24) is 24.6 Å². The topological polar surface area (TPSA) is 73.1 Å². The van der Waals surface area contributed by atoms with Crippen LogP contribution in [0.2, 0.25) is 0 Å². The Morgan fingerprint density at radius 1 is 1.38 bits per heavy atom. The molecule has 0 bridgehead atoms. The Morgan fingerprint density at radius 3 is 2.93 bits per heavy atom. The lowest BCUT2D eigenvalue weighted by Gasteiger charge is -2.32. The number of fused-ring (bicyclic) bond motifs is 1. The quantitative estimate of drug-likeness (QED) is 0.641. The SMILES string of the molecule is COc1nn(C)c2nc(C)c(CCC(=O)N3CCCC(c4nccs4)C3)c(C)c12. The number of aromatic nitrogens is 4. The number of rotatable bonds is 5. The lowest BCUT2D eigenvalue weighted by Crippen LogP contribution is -2.39. The molecule has 1 unspecified atom stereocenters. The predicted molar refractivity (Wildman–Crippen MR) is 114 cm³/mol. The van der Waals surface area contributed by atoms with Crippen molar-refractivity contribution >= 4 is 28.3 Å². The largest absolute Gasteiger partial charge is 0.479 e. The van der Waals surface area contributed by atoms with Crippen molar-refractivity contribution in [3.8, 4) is 5.88 Å². The minimum absolute atomic E-state index is 0.211. The monoisotopic (exact) mass is 413 g/mol. The van der Waals surface area contributed by atoms with Crippen LogP contribution in [0.5, 0.6) is 5.88 Å². The number of piperidine rings is 1. The maximum absolute atomic E-state index is 12.9. The maximum atomic E-state index is 12.9. The van der Waals surface area contributed by atoms with Crippen LogP contribution in [0.3, 0.4) is 0 Å². The molecule has 1 aliphatic heterocycles. The van der Waals surface area contributed by atoms with Crippen LogP contribution in [0.4, 0.5) is 0 Å². The van der Waals surface area contributed by atoms with Gasteiger partial charge in [-0.3, -0.25) is 4.79 Å². The zero-order valence-electron chi connectivity index (χ0n) is 17.4. The van der Waals surface area contributed by atoms with Gasteiger partial charge in [-0.25, -0.2) is 14.6 Å². The fourth-order valence-corrected chi connectivity index (χ4v) is 5.11. The van der Waals surface area contributed by atoms with E-state index < -0.39 is 0 Å². The van der Waals surface area contributed by atoms with Gasteiger partial charge in [-0.15, -0.1) is 16.4 Å². The van der Waals surface area contributed by atoms with E-state index in [1.54, 1.807) is 23.1 Å². The summed E-state index contributed by atoms with van der Waals surface area (Å²) in [6, 6.07) is 0. The fraction of sp³-hybridized carbons (Fsp3) is 0.524. The van der Waals surface area contributed by atoms with E-state index in [-0.39, 0.29) is 5.91 Å². The third-order valence-electron chi connectivity index (χ3n) is 5.88. The molecule has 0 radical (unpaired) electrons. The van der Waals surface area contributed by atoms with Crippen LogP contribution < -0.4 is 4.74 Å². The molecule has 1 saturated heterocycles. The Hall–Kier alpha value is -2.48. The first-order chi connectivity index (χ1) is 14.0. The second-order valence-electron chi connectivity index (χ2n) is 7.68. The van der Waals surface area contributed by atoms with Crippen LogP contribution in [0.25, 0.3) is 11.0 Å². The van der Waals surface area contributed by atoms with Crippen LogP contribution in [-0.4, -0.2) is 50.8 Å². The molecule has 3 aromatic rings. The van der Waals surface area contributed by atoms with Crippen molar-refractivity contribution in [1.29, 1.82) is 0 Å². The third kappa shape index (κ3) is 3.73. The summed E-state index contributed by atoms with van der Waals surface area (Å²) in [5.41, 5.74) is 3.98. The van der Waals surface area contributed by atoms with Gasteiger partial charge in [-0.05, 0) is 44.2 Å². The summed E-state index contributed by atoms with van der Waals surface area (Å²) < 4.78 is 7.19. The van der Waals surface area contributed by atoms with E-state index in [1.807, 2.05) is 30.4 Å². The van der Waals surface area contributed by atoms with E-state index in [9.17, 15) is 4.79 Å². The van der Waals surface area contributed by atoms with Crippen LogP contribution in [0.15, 0.2) is 11.6 Å². The highest BCUT2D eigenvalue weighted by Gasteiger charge is 2.26. The van der Waals surface area contributed by atoms with E-state index in [4.69, 9.17) is 9.72 Å². The molecule has 154 valence electrons. The molecule has 4 heterocycles. The molecule has 29 heavy (non-hydrogen) atoms. The predicted octanol–water partition coefficient (Wildman–Crippen LogP) is 3.39.